The number of nitrogens with one attached hydrogen (secondary N) is 1. The average Bonchev–Trinajstić information content (AvgIpc) is 2.24. The second kappa shape index (κ2) is 4.30. The molecular weight excluding hydrogens is 176 g/mol. The van der Waals surface area contributed by atoms with E-state index in [0.29, 0.717) is 0 Å². The third-order valence-electron chi connectivity index (χ3n) is 2.59. The van der Waals surface area contributed by atoms with Crippen molar-refractivity contribution < 1.29 is 4.79 Å². The second-order valence-electron chi connectivity index (χ2n) is 5.26. The topological polar surface area (TPSA) is 32.3 Å². The van der Waals surface area contributed by atoms with Gasteiger partial charge in [-0.3, -0.25) is 4.79 Å². The minimum absolute atomic E-state index is 0.115. The van der Waals surface area contributed by atoms with Gasteiger partial charge < -0.3 is 10.2 Å². The van der Waals surface area contributed by atoms with Crippen LogP contribution in [0.25, 0.3) is 0 Å². The molecule has 0 atom stereocenters. The minimum Gasteiger partial charge on any atom is -0.341 e. The molecule has 0 aromatic rings. The van der Waals surface area contributed by atoms with E-state index in [2.05, 4.69) is 19.2 Å². The molecule has 0 aliphatic carbocycles. The summed E-state index contributed by atoms with van der Waals surface area (Å²) in [6, 6.07) is 0. The zero-order chi connectivity index (χ0) is 10.8. The number of nitrogens with zero attached hydrogens (tertiary/aromatic N) is 1. The predicted molar refractivity (Wildman–Crippen MR) is 58.1 cm³/mol. The van der Waals surface area contributed by atoms with Gasteiger partial charge in [-0.15, -0.1) is 0 Å². The first-order valence-electron chi connectivity index (χ1n) is 5.42. The predicted octanol–water partition coefficient (Wildman–Crippen LogP) is 1.10. The van der Waals surface area contributed by atoms with E-state index in [1.54, 1.807) is 0 Å². The van der Waals surface area contributed by atoms with Gasteiger partial charge in [0, 0.05) is 32.1 Å². The summed E-state index contributed by atoms with van der Waals surface area (Å²) in [4.78, 5) is 13.8. The monoisotopic (exact) mass is 198 g/mol. The van der Waals surface area contributed by atoms with Gasteiger partial charge in [-0.05, 0) is 5.41 Å². The Hall–Kier alpha value is -0.570. The van der Waals surface area contributed by atoms with Crippen molar-refractivity contribution in [1.82, 2.24) is 10.2 Å². The molecule has 82 valence electrons. The Bertz CT molecular complexity index is 211. The highest BCUT2D eigenvalue weighted by Gasteiger charge is 2.27. The summed E-state index contributed by atoms with van der Waals surface area (Å²) >= 11 is 0. The normalized spacial score (nSPS) is 22.2. The standard InChI is InChI=1S/C11H22N2O/c1-9(2)10(14)13-6-5-12-7-11(3,4)8-13/h9,12H,5-8H2,1-4H3. The minimum atomic E-state index is 0.115. The van der Waals surface area contributed by atoms with Crippen LogP contribution in [-0.4, -0.2) is 37.0 Å². The summed E-state index contributed by atoms with van der Waals surface area (Å²) in [6.07, 6.45) is 0. The number of amides is 1. The van der Waals surface area contributed by atoms with Crippen molar-refractivity contribution in [3.63, 3.8) is 0 Å². The van der Waals surface area contributed by atoms with Crippen LogP contribution in [0.1, 0.15) is 27.7 Å². The van der Waals surface area contributed by atoms with Crippen LogP contribution < -0.4 is 5.32 Å². The first kappa shape index (κ1) is 11.5. The Labute approximate surface area is 86.9 Å². The summed E-state index contributed by atoms with van der Waals surface area (Å²) in [6.45, 7) is 12.0. The van der Waals surface area contributed by atoms with Gasteiger partial charge >= 0.3 is 0 Å². The van der Waals surface area contributed by atoms with Gasteiger partial charge in [0.05, 0.1) is 0 Å². The molecule has 0 unspecified atom stereocenters. The molecule has 1 aliphatic heterocycles. The van der Waals surface area contributed by atoms with Crippen molar-refractivity contribution in [1.29, 1.82) is 0 Å². The Balaban J connectivity index is 2.64. The molecular formula is C11H22N2O. The van der Waals surface area contributed by atoms with Crippen LogP contribution in [0.4, 0.5) is 0 Å². The van der Waals surface area contributed by atoms with Crippen molar-refractivity contribution in [2.45, 2.75) is 27.7 Å². The number of hydrogen-bond acceptors (Lipinski definition) is 2. The fraction of sp³-hybridized carbons (Fsp3) is 0.909. The molecule has 14 heavy (non-hydrogen) atoms. The van der Waals surface area contributed by atoms with Gasteiger partial charge in [-0.1, -0.05) is 27.7 Å². The first-order chi connectivity index (χ1) is 6.42. The lowest BCUT2D eigenvalue weighted by Gasteiger charge is -2.30. The lowest BCUT2D eigenvalue weighted by atomic mass is 9.93. The Morgan fingerprint density at radius 3 is 2.64 bits per heavy atom. The SMILES string of the molecule is CC(C)C(=O)N1CCNCC(C)(C)C1. The molecule has 3 heteroatoms. The number of carbonyl (C=O) groups is 1. The van der Waals surface area contributed by atoms with Crippen molar-refractivity contribution >= 4 is 5.91 Å². The lowest BCUT2D eigenvalue weighted by molar-refractivity contribution is -0.135. The third-order valence-corrected chi connectivity index (χ3v) is 2.59. The highest BCUT2D eigenvalue weighted by molar-refractivity contribution is 5.78. The van der Waals surface area contributed by atoms with Crippen LogP contribution in [-0.2, 0) is 4.79 Å². The maximum absolute atomic E-state index is 11.8. The van der Waals surface area contributed by atoms with Crippen LogP contribution in [0.15, 0.2) is 0 Å². The van der Waals surface area contributed by atoms with Crippen molar-refractivity contribution in [2.75, 3.05) is 26.2 Å². The Morgan fingerprint density at radius 2 is 2.07 bits per heavy atom. The molecule has 0 aromatic heterocycles. The van der Waals surface area contributed by atoms with Crippen LogP contribution >= 0.6 is 0 Å². The Kier molecular flexibility index (Phi) is 3.53. The summed E-state index contributed by atoms with van der Waals surface area (Å²) < 4.78 is 0. The van der Waals surface area contributed by atoms with E-state index in [1.165, 1.54) is 0 Å². The van der Waals surface area contributed by atoms with Crippen LogP contribution in [0.2, 0.25) is 0 Å². The maximum atomic E-state index is 11.8. The molecule has 1 saturated heterocycles. The second-order valence-corrected chi connectivity index (χ2v) is 5.26. The van der Waals surface area contributed by atoms with E-state index in [9.17, 15) is 4.79 Å². The highest BCUT2D eigenvalue weighted by atomic mass is 16.2. The molecule has 0 saturated carbocycles. The molecule has 3 nitrogen and oxygen atoms in total. The third kappa shape index (κ3) is 2.98. The van der Waals surface area contributed by atoms with E-state index >= 15 is 0 Å². The fourth-order valence-electron chi connectivity index (χ4n) is 1.85. The molecule has 1 rings (SSSR count). The molecule has 1 fully saturated rings. The van der Waals surface area contributed by atoms with Crippen molar-refractivity contribution in [3.8, 4) is 0 Å². The van der Waals surface area contributed by atoms with Crippen LogP contribution in [0.5, 0.6) is 0 Å². The highest BCUT2D eigenvalue weighted by Crippen LogP contribution is 2.18. The zero-order valence-electron chi connectivity index (χ0n) is 9.76. The van der Waals surface area contributed by atoms with Crippen LogP contribution in [0.3, 0.4) is 0 Å². The molecule has 0 aromatic carbocycles. The molecule has 0 radical (unpaired) electrons. The molecule has 0 bridgehead atoms. The van der Waals surface area contributed by atoms with Gasteiger partial charge in [0.2, 0.25) is 5.91 Å². The largest absolute Gasteiger partial charge is 0.341 e. The molecule has 1 N–H and O–H groups in total. The summed E-state index contributed by atoms with van der Waals surface area (Å²) in [5.74, 6) is 0.394. The average molecular weight is 198 g/mol. The summed E-state index contributed by atoms with van der Waals surface area (Å²) in [7, 11) is 0. The van der Waals surface area contributed by atoms with Gasteiger partial charge in [0.25, 0.3) is 0 Å². The quantitative estimate of drug-likeness (QED) is 0.684. The maximum Gasteiger partial charge on any atom is 0.225 e. The summed E-state index contributed by atoms with van der Waals surface area (Å²) in [5, 5.41) is 3.37. The van der Waals surface area contributed by atoms with Crippen molar-refractivity contribution in [2.24, 2.45) is 11.3 Å². The van der Waals surface area contributed by atoms with E-state index < -0.39 is 0 Å². The molecule has 1 amide bonds. The van der Waals surface area contributed by atoms with Gasteiger partial charge in [0.1, 0.15) is 0 Å². The zero-order valence-corrected chi connectivity index (χ0v) is 9.76. The van der Waals surface area contributed by atoms with Crippen molar-refractivity contribution in [3.05, 3.63) is 0 Å². The lowest BCUT2D eigenvalue weighted by Crippen LogP contribution is -2.41. The summed E-state index contributed by atoms with van der Waals surface area (Å²) in [5.41, 5.74) is 0.195. The number of rotatable bonds is 1. The number of carbonyl (C=O) groups excluding carboxylic acids is 1. The van der Waals surface area contributed by atoms with E-state index in [4.69, 9.17) is 0 Å². The first-order valence-corrected chi connectivity index (χ1v) is 5.42. The number of hydrogen-bond donors (Lipinski definition) is 1. The smallest absolute Gasteiger partial charge is 0.225 e. The van der Waals surface area contributed by atoms with E-state index in [1.807, 2.05) is 18.7 Å². The van der Waals surface area contributed by atoms with Gasteiger partial charge in [-0.2, -0.15) is 0 Å². The van der Waals surface area contributed by atoms with Gasteiger partial charge in [-0.25, -0.2) is 0 Å². The molecule has 1 aliphatic rings. The van der Waals surface area contributed by atoms with E-state index in [0.717, 1.165) is 26.2 Å². The van der Waals surface area contributed by atoms with Crippen LogP contribution in [0, 0.1) is 11.3 Å². The van der Waals surface area contributed by atoms with E-state index in [-0.39, 0.29) is 17.2 Å². The Morgan fingerprint density at radius 1 is 1.43 bits per heavy atom. The van der Waals surface area contributed by atoms with Gasteiger partial charge in [0.15, 0.2) is 0 Å². The molecule has 0 spiro atoms. The molecule has 1 heterocycles. The fourth-order valence-corrected chi connectivity index (χ4v) is 1.85.